The van der Waals surface area contributed by atoms with E-state index in [1.54, 1.807) is 61.5 Å². The van der Waals surface area contributed by atoms with Crippen LogP contribution in [0.2, 0.25) is 0 Å². The third-order valence-electron chi connectivity index (χ3n) is 4.58. The average Bonchev–Trinajstić information content (AvgIpc) is 3.37. The fourth-order valence-electron chi connectivity index (χ4n) is 3.06. The lowest BCUT2D eigenvalue weighted by Crippen LogP contribution is -2.10. The number of nitrogens with zero attached hydrogens (tertiary/aromatic N) is 2. The number of para-hydroxylation sites is 1. The normalized spacial score (nSPS) is 11.1. The minimum absolute atomic E-state index is 0.180. The van der Waals surface area contributed by atoms with Crippen LogP contribution in [0, 0.1) is 0 Å². The Morgan fingerprint density at radius 1 is 1.17 bits per heavy atom. The van der Waals surface area contributed by atoms with Crippen molar-refractivity contribution in [3.05, 3.63) is 84.1 Å². The van der Waals surface area contributed by atoms with Crippen LogP contribution in [0.4, 0.5) is 5.69 Å². The number of carbonyl (C=O) groups excluding carboxylic acids is 2. The van der Waals surface area contributed by atoms with E-state index in [9.17, 15) is 9.59 Å². The molecule has 4 rings (SSSR count). The highest BCUT2D eigenvalue weighted by atomic mass is 16.5. The van der Waals surface area contributed by atoms with Gasteiger partial charge in [0.25, 0.3) is 0 Å². The summed E-state index contributed by atoms with van der Waals surface area (Å²) in [7, 11) is 3.34. The number of furan rings is 1. The summed E-state index contributed by atoms with van der Waals surface area (Å²) in [5, 5.41) is 3.65. The standard InChI is InChI=1S/C23H19N3O4/c1-26-13-12-24-23(26)21(28)15-6-8-17(9-7-15)25-20(27)11-10-18-14-16-4-3-5-19(29-2)22(16)30-18/h3-14H,1-2H3,(H,25,27)/b11-10+. The van der Waals surface area contributed by atoms with Crippen molar-refractivity contribution in [3.63, 3.8) is 0 Å². The van der Waals surface area contributed by atoms with Crippen molar-refractivity contribution in [2.24, 2.45) is 7.05 Å². The zero-order valence-electron chi connectivity index (χ0n) is 16.5. The first-order valence-electron chi connectivity index (χ1n) is 9.23. The molecule has 30 heavy (non-hydrogen) atoms. The van der Waals surface area contributed by atoms with Crippen LogP contribution in [0.3, 0.4) is 0 Å². The van der Waals surface area contributed by atoms with Crippen molar-refractivity contribution in [3.8, 4) is 5.75 Å². The van der Waals surface area contributed by atoms with Gasteiger partial charge in [-0.05, 0) is 42.5 Å². The van der Waals surface area contributed by atoms with Crippen LogP contribution < -0.4 is 10.1 Å². The molecule has 2 heterocycles. The maximum atomic E-state index is 12.4. The molecule has 0 aliphatic heterocycles. The number of carbonyl (C=O) groups is 2. The Bertz CT molecular complexity index is 1250. The molecule has 2 aromatic heterocycles. The molecule has 0 spiro atoms. The van der Waals surface area contributed by atoms with Gasteiger partial charge in [0.15, 0.2) is 17.2 Å². The predicted molar refractivity (Wildman–Crippen MR) is 114 cm³/mol. The van der Waals surface area contributed by atoms with Crippen LogP contribution >= 0.6 is 0 Å². The summed E-state index contributed by atoms with van der Waals surface area (Å²) in [4.78, 5) is 28.7. The van der Waals surface area contributed by atoms with Crippen LogP contribution in [-0.2, 0) is 11.8 Å². The van der Waals surface area contributed by atoms with E-state index in [2.05, 4.69) is 10.3 Å². The number of aryl methyl sites for hydroxylation is 1. The molecule has 0 saturated carbocycles. The van der Waals surface area contributed by atoms with E-state index in [4.69, 9.17) is 9.15 Å². The second-order valence-corrected chi connectivity index (χ2v) is 6.62. The summed E-state index contributed by atoms with van der Waals surface area (Å²) in [5.74, 6) is 1.04. The summed E-state index contributed by atoms with van der Waals surface area (Å²) in [5.41, 5.74) is 1.70. The molecule has 0 aliphatic carbocycles. The number of imidazole rings is 1. The van der Waals surface area contributed by atoms with E-state index in [1.807, 2.05) is 24.3 Å². The number of rotatable bonds is 6. The summed E-state index contributed by atoms with van der Waals surface area (Å²) < 4.78 is 12.7. The molecule has 7 nitrogen and oxygen atoms in total. The van der Waals surface area contributed by atoms with Crippen molar-refractivity contribution in [1.82, 2.24) is 9.55 Å². The molecule has 0 bridgehead atoms. The van der Waals surface area contributed by atoms with Crippen LogP contribution in [-0.4, -0.2) is 28.4 Å². The van der Waals surface area contributed by atoms with Gasteiger partial charge in [0.05, 0.1) is 7.11 Å². The van der Waals surface area contributed by atoms with Crippen molar-refractivity contribution in [2.75, 3.05) is 12.4 Å². The van der Waals surface area contributed by atoms with Gasteiger partial charge in [-0.15, -0.1) is 0 Å². The summed E-state index contributed by atoms with van der Waals surface area (Å²) in [6.45, 7) is 0. The van der Waals surface area contributed by atoms with Crippen LogP contribution in [0.15, 0.2) is 71.4 Å². The smallest absolute Gasteiger partial charge is 0.248 e. The van der Waals surface area contributed by atoms with E-state index < -0.39 is 0 Å². The summed E-state index contributed by atoms with van der Waals surface area (Å²) in [6, 6.07) is 14.1. The minimum Gasteiger partial charge on any atom is -0.493 e. The number of methoxy groups -OCH3 is 1. The maximum absolute atomic E-state index is 12.4. The average molecular weight is 401 g/mol. The monoisotopic (exact) mass is 401 g/mol. The van der Waals surface area contributed by atoms with E-state index in [-0.39, 0.29) is 11.7 Å². The lowest BCUT2D eigenvalue weighted by atomic mass is 10.1. The predicted octanol–water partition coefficient (Wildman–Crippen LogP) is 4.06. The molecule has 0 atom stereocenters. The topological polar surface area (TPSA) is 86.4 Å². The minimum atomic E-state index is -0.314. The number of hydrogen-bond acceptors (Lipinski definition) is 5. The fraction of sp³-hybridized carbons (Fsp3) is 0.0870. The van der Waals surface area contributed by atoms with Crippen molar-refractivity contribution >= 4 is 34.4 Å². The Morgan fingerprint density at radius 2 is 1.97 bits per heavy atom. The molecule has 0 saturated heterocycles. The number of ether oxygens (including phenoxy) is 1. The summed E-state index contributed by atoms with van der Waals surface area (Å²) >= 11 is 0. The SMILES string of the molecule is COc1cccc2cc(/C=C/C(=O)Nc3ccc(C(=O)c4nccn4C)cc3)oc12. The summed E-state index contributed by atoms with van der Waals surface area (Å²) in [6.07, 6.45) is 6.27. The van der Waals surface area contributed by atoms with Gasteiger partial charge in [0.1, 0.15) is 5.76 Å². The van der Waals surface area contributed by atoms with Gasteiger partial charge < -0.3 is 19.0 Å². The Labute approximate surface area is 172 Å². The molecular weight excluding hydrogens is 382 g/mol. The van der Waals surface area contributed by atoms with Gasteiger partial charge in [0, 0.05) is 42.2 Å². The van der Waals surface area contributed by atoms with Gasteiger partial charge in [-0.1, -0.05) is 12.1 Å². The van der Waals surface area contributed by atoms with Gasteiger partial charge >= 0.3 is 0 Å². The Hall–Kier alpha value is -4.13. The number of nitrogens with one attached hydrogen (secondary N) is 1. The molecule has 4 aromatic rings. The zero-order valence-corrected chi connectivity index (χ0v) is 16.5. The molecule has 2 aromatic carbocycles. The van der Waals surface area contributed by atoms with Gasteiger partial charge in [-0.3, -0.25) is 9.59 Å². The quantitative estimate of drug-likeness (QED) is 0.389. The fourth-order valence-corrected chi connectivity index (χ4v) is 3.06. The number of benzene rings is 2. The van der Waals surface area contributed by atoms with Crippen molar-refractivity contribution < 1.29 is 18.7 Å². The highest BCUT2D eigenvalue weighted by molar-refractivity contribution is 6.07. The highest BCUT2D eigenvalue weighted by Crippen LogP contribution is 2.28. The maximum Gasteiger partial charge on any atom is 0.248 e. The van der Waals surface area contributed by atoms with Crippen LogP contribution in [0.25, 0.3) is 17.0 Å². The first kappa shape index (κ1) is 19.2. The van der Waals surface area contributed by atoms with Crippen LogP contribution in [0.5, 0.6) is 5.75 Å². The molecule has 7 heteroatoms. The third kappa shape index (κ3) is 3.86. The second kappa shape index (κ2) is 8.08. The molecule has 1 N–H and O–H groups in total. The number of fused-ring (bicyclic) bond motifs is 1. The lowest BCUT2D eigenvalue weighted by molar-refractivity contribution is -0.111. The van der Waals surface area contributed by atoms with Crippen molar-refractivity contribution in [1.29, 1.82) is 0 Å². The molecular formula is C23H19N3O4. The molecule has 0 aliphatic rings. The number of anilines is 1. The largest absolute Gasteiger partial charge is 0.493 e. The number of ketones is 1. The molecule has 0 radical (unpaired) electrons. The molecule has 150 valence electrons. The van der Waals surface area contributed by atoms with E-state index in [0.29, 0.717) is 34.2 Å². The Kier molecular flexibility index (Phi) is 5.17. The lowest BCUT2D eigenvalue weighted by Gasteiger charge is -2.04. The molecule has 0 unspecified atom stereocenters. The first-order valence-corrected chi connectivity index (χ1v) is 9.23. The van der Waals surface area contributed by atoms with E-state index in [0.717, 1.165) is 5.39 Å². The molecule has 1 amide bonds. The number of aromatic nitrogens is 2. The second-order valence-electron chi connectivity index (χ2n) is 6.62. The zero-order chi connectivity index (χ0) is 21.1. The Morgan fingerprint density at radius 3 is 2.67 bits per heavy atom. The van der Waals surface area contributed by atoms with Crippen LogP contribution in [0.1, 0.15) is 21.9 Å². The molecule has 0 fully saturated rings. The van der Waals surface area contributed by atoms with Gasteiger partial charge in [0.2, 0.25) is 11.7 Å². The van der Waals surface area contributed by atoms with Gasteiger partial charge in [-0.25, -0.2) is 4.98 Å². The third-order valence-corrected chi connectivity index (χ3v) is 4.58. The number of hydrogen-bond donors (Lipinski definition) is 1. The Balaban J connectivity index is 1.43. The van der Waals surface area contributed by atoms with E-state index >= 15 is 0 Å². The van der Waals surface area contributed by atoms with Gasteiger partial charge in [-0.2, -0.15) is 0 Å². The number of amides is 1. The van der Waals surface area contributed by atoms with Crippen molar-refractivity contribution in [2.45, 2.75) is 0 Å². The highest BCUT2D eigenvalue weighted by Gasteiger charge is 2.13. The first-order chi connectivity index (χ1) is 14.5. The van der Waals surface area contributed by atoms with E-state index in [1.165, 1.54) is 6.08 Å².